The first kappa shape index (κ1) is 13.5. The molecule has 3 nitrogen and oxygen atoms in total. The molecule has 0 bridgehead atoms. The number of rotatable bonds is 3. The van der Waals surface area contributed by atoms with Crippen LogP contribution in [0.25, 0.3) is 11.1 Å². The van der Waals surface area contributed by atoms with E-state index in [4.69, 9.17) is 0 Å². The molecular weight excluding hydrogens is 269 g/mol. The van der Waals surface area contributed by atoms with Gasteiger partial charge in [0, 0.05) is 18.4 Å². The summed E-state index contributed by atoms with van der Waals surface area (Å²) < 4.78 is 14.0. The van der Waals surface area contributed by atoms with E-state index < -0.39 is 0 Å². The van der Waals surface area contributed by atoms with E-state index in [1.165, 1.54) is 11.0 Å². The van der Waals surface area contributed by atoms with Gasteiger partial charge in [-0.25, -0.2) is 4.39 Å². The van der Waals surface area contributed by atoms with Gasteiger partial charge in [0.25, 0.3) is 0 Å². The summed E-state index contributed by atoms with van der Waals surface area (Å²) in [6.45, 7) is 0.197. The molecule has 0 atom stereocenters. The molecule has 1 aliphatic rings. The molecule has 0 saturated carbocycles. The van der Waals surface area contributed by atoms with Crippen molar-refractivity contribution >= 4 is 11.8 Å². The van der Waals surface area contributed by atoms with Crippen molar-refractivity contribution in [2.45, 2.75) is 19.4 Å². The second-order valence-corrected chi connectivity index (χ2v) is 5.01. The summed E-state index contributed by atoms with van der Waals surface area (Å²) in [5.74, 6) is -0.643. The predicted octanol–water partition coefficient (Wildman–Crippen LogP) is 3.14. The zero-order valence-electron chi connectivity index (χ0n) is 11.4. The minimum atomic E-state index is -0.316. The Morgan fingerprint density at radius 1 is 0.857 bits per heavy atom. The van der Waals surface area contributed by atoms with E-state index in [9.17, 15) is 14.0 Å². The summed E-state index contributed by atoms with van der Waals surface area (Å²) in [5.41, 5.74) is 1.96. The second-order valence-electron chi connectivity index (χ2n) is 5.01. The van der Waals surface area contributed by atoms with Gasteiger partial charge in [-0.3, -0.25) is 14.5 Å². The highest BCUT2D eigenvalue weighted by atomic mass is 19.1. The van der Waals surface area contributed by atoms with Crippen LogP contribution in [0, 0.1) is 5.82 Å². The van der Waals surface area contributed by atoms with Crippen LogP contribution < -0.4 is 0 Å². The molecular formula is C17H14FNO2. The first-order valence-electron chi connectivity index (χ1n) is 6.83. The summed E-state index contributed by atoms with van der Waals surface area (Å²) in [7, 11) is 0. The van der Waals surface area contributed by atoms with Gasteiger partial charge in [-0.05, 0) is 17.2 Å². The van der Waals surface area contributed by atoms with E-state index in [0.717, 1.165) is 5.56 Å². The average molecular weight is 283 g/mol. The SMILES string of the molecule is O=C1CCC(=O)N1Cc1ccccc1-c1ccccc1F. The average Bonchev–Trinajstić information content (AvgIpc) is 2.81. The molecule has 21 heavy (non-hydrogen) atoms. The molecule has 0 spiro atoms. The van der Waals surface area contributed by atoms with Gasteiger partial charge in [0.05, 0.1) is 6.54 Å². The van der Waals surface area contributed by atoms with E-state index in [0.29, 0.717) is 11.1 Å². The number of imide groups is 1. The van der Waals surface area contributed by atoms with Gasteiger partial charge in [-0.15, -0.1) is 0 Å². The van der Waals surface area contributed by atoms with Crippen LogP contribution in [-0.4, -0.2) is 16.7 Å². The van der Waals surface area contributed by atoms with Crippen LogP contribution >= 0.6 is 0 Å². The topological polar surface area (TPSA) is 37.4 Å². The van der Waals surface area contributed by atoms with Gasteiger partial charge >= 0.3 is 0 Å². The first-order chi connectivity index (χ1) is 10.2. The Kier molecular flexibility index (Phi) is 3.52. The Morgan fingerprint density at radius 2 is 1.43 bits per heavy atom. The number of hydrogen-bond acceptors (Lipinski definition) is 2. The number of nitrogens with zero attached hydrogens (tertiary/aromatic N) is 1. The number of benzene rings is 2. The van der Waals surface area contributed by atoms with Crippen LogP contribution in [-0.2, 0) is 16.1 Å². The van der Waals surface area contributed by atoms with Crippen LogP contribution in [0.15, 0.2) is 48.5 Å². The number of carbonyl (C=O) groups is 2. The molecule has 0 aliphatic carbocycles. The third kappa shape index (κ3) is 2.57. The second kappa shape index (κ2) is 5.48. The molecule has 1 aliphatic heterocycles. The zero-order chi connectivity index (χ0) is 14.8. The van der Waals surface area contributed by atoms with Crippen LogP contribution in [0.5, 0.6) is 0 Å². The van der Waals surface area contributed by atoms with E-state index in [1.807, 2.05) is 18.2 Å². The normalized spacial score (nSPS) is 14.8. The molecule has 0 unspecified atom stereocenters. The Labute approximate surface area is 122 Å². The highest BCUT2D eigenvalue weighted by molar-refractivity contribution is 6.01. The van der Waals surface area contributed by atoms with Gasteiger partial charge in [-0.2, -0.15) is 0 Å². The Hall–Kier alpha value is -2.49. The van der Waals surface area contributed by atoms with Gasteiger partial charge in [0.15, 0.2) is 0 Å². The molecule has 2 aromatic rings. The summed E-state index contributed by atoms with van der Waals surface area (Å²) in [6.07, 6.45) is 0.529. The standard InChI is InChI=1S/C17H14FNO2/c18-15-8-4-3-7-14(15)13-6-2-1-5-12(13)11-19-16(20)9-10-17(19)21/h1-8H,9-11H2. The van der Waals surface area contributed by atoms with Crippen molar-refractivity contribution in [2.24, 2.45) is 0 Å². The fourth-order valence-electron chi connectivity index (χ4n) is 2.57. The third-order valence-corrected chi connectivity index (χ3v) is 3.66. The molecule has 3 rings (SSSR count). The molecule has 106 valence electrons. The lowest BCUT2D eigenvalue weighted by molar-refractivity contribution is -0.139. The molecule has 0 aromatic heterocycles. The highest BCUT2D eigenvalue weighted by Gasteiger charge is 2.29. The lowest BCUT2D eigenvalue weighted by atomic mass is 9.99. The van der Waals surface area contributed by atoms with Crippen LogP contribution in [0.3, 0.4) is 0 Å². The number of likely N-dealkylation sites (tertiary alicyclic amines) is 1. The molecule has 0 radical (unpaired) electrons. The van der Waals surface area contributed by atoms with Crippen LogP contribution in [0.4, 0.5) is 4.39 Å². The third-order valence-electron chi connectivity index (χ3n) is 3.66. The van der Waals surface area contributed by atoms with Gasteiger partial charge in [-0.1, -0.05) is 42.5 Å². The first-order valence-corrected chi connectivity index (χ1v) is 6.83. The monoisotopic (exact) mass is 283 g/mol. The Morgan fingerprint density at radius 3 is 2.10 bits per heavy atom. The van der Waals surface area contributed by atoms with Gasteiger partial charge in [0.2, 0.25) is 11.8 Å². The van der Waals surface area contributed by atoms with Crippen molar-refractivity contribution in [3.63, 3.8) is 0 Å². The molecule has 1 saturated heterocycles. The van der Waals surface area contributed by atoms with Crippen molar-refractivity contribution in [1.82, 2.24) is 4.90 Å². The zero-order valence-corrected chi connectivity index (χ0v) is 11.4. The summed E-state index contributed by atoms with van der Waals surface area (Å²) in [5, 5.41) is 0. The maximum absolute atomic E-state index is 14.0. The quantitative estimate of drug-likeness (QED) is 0.811. The molecule has 1 fully saturated rings. The summed E-state index contributed by atoms with van der Waals surface area (Å²) >= 11 is 0. The fraction of sp³-hybridized carbons (Fsp3) is 0.176. The van der Waals surface area contributed by atoms with Crippen molar-refractivity contribution in [2.75, 3.05) is 0 Å². The number of carbonyl (C=O) groups excluding carboxylic acids is 2. The highest BCUT2D eigenvalue weighted by Crippen LogP contribution is 2.28. The minimum Gasteiger partial charge on any atom is -0.278 e. The molecule has 0 N–H and O–H groups in total. The minimum absolute atomic E-state index is 0.164. The van der Waals surface area contributed by atoms with E-state index in [2.05, 4.69) is 0 Å². The van der Waals surface area contributed by atoms with E-state index >= 15 is 0 Å². The molecule has 2 amide bonds. The predicted molar refractivity (Wildman–Crippen MR) is 76.6 cm³/mol. The maximum Gasteiger partial charge on any atom is 0.229 e. The van der Waals surface area contributed by atoms with Crippen LogP contribution in [0.1, 0.15) is 18.4 Å². The number of amides is 2. The van der Waals surface area contributed by atoms with Crippen molar-refractivity contribution < 1.29 is 14.0 Å². The van der Waals surface area contributed by atoms with Gasteiger partial charge in [0.1, 0.15) is 5.82 Å². The maximum atomic E-state index is 14.0. The molecule has 1 heterocycles. The lowest BCUT2D eigenvalue weighted by Crippen LogP contribution is -2.28. The smallest absolute Gasteiger partial charge is 0.229 e. The van der Waals surface area contributed by atoms with E-state index in [1.54, 1.807) is 24.3 Å². The Balaban J connectivity index is 1.99. The molecule has 4 heteroatoms. The number of hydrogen-bond donors (Lipinski definition) is 0. The number of halogens is 1. The van der Waals surface area contributed by atoms with Crippen molar-refractivity contribution in [3.8, 4) is 11.1 Å². The van der Waals surface area contributed by atoms with Gasteiger partial charge < -0.3 is 0 Å². The lowest BCUT2D eigenvalue weighted by Gasteiger charge is -2.17. The molecule has 2 aromatic carbocycles. The summed E-state index contributed by atoms with van der Waals surface area (Å²) in [6, 6.07) is 13.8. The van der Waals surface area contributed by atoms with Crippen molar-refractivity contribution in [1.29, 1.82) is 0 Å². The van der Waals surface area contributed by atoms with E-state index in [-0.39, 0.29) is 37.0 Å². The Bertz CT molecular complexity index is 695. The fourth-order valence-corrected chi connectivity index (χ4v) is 2.57. The largest absolute Gasteiger partial charge is 0.278 e. The van der Waals surface area contributed by atoms with Crippen molar-refractivity contribution in [3.05, 3.63) is 59.9 Å². The summed E-state index contributed by atoms with van der Waals surface area (Å²) in [4.78, 5) is 24.7. The van der Waals surface area contributed by atoms with Crippen LogP contribution in [0.2, 0.25) is 0 Å².